The molecule has 2 N–H and O–H groups in total. The van der Waals surface area contributed by atoms with Crippen LogP contribution in [0.3, 0.4) is 0 Å². The zero-order valence-electron chi connectivity index (χ0n) is 10.9. The first-order valence-corrected chi connectivity index (χ1v) is 6.92. The second-order valence-electron chi connectivity index (χ2n) is 4.85. The number of hydrogen-bond acceptors (Lipinski definition) is 2. The van der Waals surface area contributed by atoms with Gasteiger partial charge in [-0.05, 0) is 37.5 Å². The number of nitrogens with zero attached hydrogens (tertiary/aromatic N) is 1. The Balaban J connectivity index is 2.41. The Morgan fingerprint density at radius 2 is 2.26 bits per heavy atom. The third-order valence-electron chi connectivity index (χ3n) is 3.62. The summed E-state index contributed by atoms with van der Waals surface area (Å²) in [6.07, 6.45) is 2.09. The van der Waals surface area contributed by atoms with Crippen LogP contribution in [-0.2, 0) is 4.79 Å². The Hall–Kier alpha value is -1.13. The van der Waals surface area contributed by atoms with Gasteiger partial charge in [-0.3, -0.25) is 4.79 Å². The highest BCUT2D eigenvalue weighted by atomic mass is 35.5. The molecule has 2 unspecified atom stereocenters. The highest BCUT2D eigenvalue weighted by Crippen LogP contribution is 2.31. The monoisotopic (exact) mass is 284 g/mol. The summed E-state index contributed by atoms with van der Waals surface area (Å²) in [5.74, 6) is -0.358. The van der Waals surface area contributed by atoms with E-state index >= 15 is 0 Å². The van der Waals surface area contributed by atoms with Gasteiger partial charge in [-0.25, -0.2) is 4.39 Å². The Morgan fingerprint density at radius 1 is 1.53 bits per heavy atom. The molecule has 0 spiro atoms. The van der Waals surface area contributed by atoms with Gasteiger partial charge in [0.25, 0.3) is 0 Å². The molecular formula is C14H18ClFN2O. The van der Waals surface area contributed by atoms with Crippen molar-refractivity contribution in [2.45, 2.75) is 38.3 Å². The van der Waals surface area contributed by atoms with Gasteiger partial charge in [0.1, 0.15) is 5.82 Å². The molecule has 1 aromatic rings. The minimum Gasteiger partial charge on any atom is -0.334 e. The summed E-state index contributed by atoms with van der Waals surface area (Å²) in [4.78, 5) is 13.9. The van der Waals surface area contributed by atoms with Crippen LogP contribution in [0, 0.1) is 5.82 Å². The van der Waals surface area contributed by atoms with Gasteiger partial charge in [-0.1, -0.05) is 17.7 Å². The molecule has 0 aromatic heterocycles. The maximum Gasteiger partial charge on any atom is 0.223 e. The van der Waals surface area contributed by atoms with Crippen LogP contribution in [0.5, 0.6) is 0 Å². The van der Waals surface area contributed by atoms with Crippen LogP contribution in [0.25, 0.3) is 0 Å². The third-order valence-corrected chi connectivity index (χ3v) is 3.91. The smallest absolute Gasteiger partial charge is 0.223 e. The molecule has 1 heterocycles. The van der Waals surface area contributed by atoms with Gasteiger partial charge in [-0.2, -0.15) is 0 Å². The van der Waals surface area contributed by atoms with E-state index in [1.165, 1.54) is 6.07 Å². The molecule has 2 atom stereocenters. The summed E-state index contributed by atoms with van der Waals surface area (Å²) >= 11 is 5.83. The number of hydrogen-bond donors (Lipinski definition) is 1. The zero-order valence-corrected chi connectivity index (χ0v) is 11.7. The molecule has 2 rings (SSSR count). The molecule has 1 amide bonds. The lowest BCUT2D eigenvalue weighted by Gasteiger charge is -2.33. The Morgan fingerprint density at radius 3 is 2.89 bits per heavy atom. The molecular weight excluding hydrogens is 267 g/mol. The fraction of sp³-hybridized carbons (Fsp3) is 0.500. The Kier molecular flexibility index (Phi) is 4.42. The average Bonchev–Trinajstić information content (AvgIpc) is 2.52. The Bertz CT molecular complexity index is 481. The minimum atomic E-state index is -0.456. The minimum absolute atomic E-state index is 0.0671. The number of amides is 1. The predicted octanol–water partition coefficient (Wildman–Crippen LogP) is 2.88. The van der Waals surface area contributed by atoms with Crippen molar-refractivity contribution in [2.24, 2.45) is 5.73 Å². The van der Waals surface area contributed by atoms with Crippen molar-refractivity contribution in [3.05, 3.63) is 34.6 Å². The standard InChI is InChI=1S/C14H18ClFN2O/c1-2-18-13(19)5-3-4-12(17)14(18)9-6-7-11(16)10(15)8-9/h6-8,12,14H,2-5,17H2,1H3. The molecule has 0 saturated carbocycles. The summed E-state index contributed by atoms with van der Waals surface area (Å²) in [6.45, 7) is 2.51. The molecule has 1 aromatic carbocycles. The number of carbonyl (C=O) groups excluding carboxylic acids is 1. The van der Waals surface area contributed by atoms with Gasteiger partial charge in [0, 0.05) is 19.0 Å². The molecule has 19 heavy (non-hydrogen) atoms. The summed E-state index contributed by atoms with van der Waals surface area (Å²) < 4.78 is 13.3. The van der Waals surface area contributed by atoms with Crippen molar-refractivity contribution in [2.75, 3.05) is 6.54 Å². The first-order valence-electron chi connectivity index (χ1n) is 6.54. The molecule has 0 bridgehead atoms. The normalized spacial score (nSPS) is 24.4. The van der Waals surface area contributed by atoms with Crippen LogP contribution in [-0.4, -0.2) is 23.4 Å². The maximum atomic E-state index is 13.3. The number of halogens is 2. The lowest BCUT2D eigenvalue weighted by atomic mass is 9.96. The van der Waals surface area contributed by atoms with E-state index in [9.17, 15) is 9.18 Å². The molecule has 5 heteroatoms. The summed E-state index contributed by atoms with van der Waals surface area (Å²) in [5.41, 5.74) is 7.00. The van der Waals surface area contributed by atoms with Crippen molar-refractivity contribution in [1.29, 1.82) is 0 Å². The molecule has 1 fully saturated rings. The average molecular weight is 285 g/mol. The largest absolute Gasteiger partial charge is 0.334 e. The molecule has 1 aliphatic rings. The number of carbonyl (C=O) groups is 1. The van der Waals surface area contributed by atoms with Gasteiger partial charge >= 0.3 is 0 Å². The van der Waals surface area contributed by atoms with Crippen molar-refractivity contribution >= 4 is 17.5 Å². The van der Waals surface area contributed by atoms with Crippen molar-refractivity contribution in [3.63, 3.8) is 0 Å². The van der Waals surface area contributed by atoms with E-state index in [1.54, 1.807) is 17.0 Å². The highest BCUT2D eigenvalue weighted by molar-refractivity contribution is 6.30. The molecule has 0 radical (unpaired) electrons. The predicted molar refractivity (Wildman–Crippen MR) is 73.4 cm³/mol. The fourth-order valence-corrected chi connectivity index (χ4v) is 2.86. The second-order valence-corrected chi connectivity index (χ2v) is 5.26. The molecule has 1 aliphatic heterocycles. The first kappa shape index (κ1) is 14.3. The van der Waals surface area contributed by atoms with E-state index < -0.39 is 5.82 Å². The maximum absolute atomic E-state index is 13.3. The van der Waals surface area contributed by atoms with Crippen LogP contribution in [0.15, 0.2) is 18.2 Å². The number of rotatable bonds is 2. The van der Waals surface area contributed by atoms with E-state index in [1.807, 2.05) is 6.92 Å². The molecule has 0 aliphatic carbocycles. The van der Waals surface area contributed by atoms with E-state index in [-0.39, 0.29) is 23.0 Å². The van der Waals surface area contributed by atoms with Gasteiger partial charge < -0.3 is 10.6 Å². The number of benzene rings is 1. The van der Waals surface area contributed by atoms with Crippen molar-refractivity contribution in [1.82, 2.24) is 4.90 Å². The first-order chi connectivity index (χ1) is 9.04. The van der Waals surface area contributed by atoms with Gasteiger partial charge in [0.15, 0.2) is 0 Å². The van der Waals surface area contributed by atoms with Crippen LogP contribution in [0.1, 0.15) is 37.8 Å². The van der Waals surface area contributed by atoms with E-state index in [0.717, 1.165) is 18.4 Å². The second kappa shape index (κ2) is 5.88. The highest BCUT2D eigenvalue weighted by Gasteiger charge is 2.32. The lowest BCUT2D eigenvalue weighted by Crippen LogP contribution is -2.42. The van der Waals surface area contributed by atoms with Crippen LogP contribution < -0.4 is 5.73 Å². The van der Waals surface area contributed by atoms with E-state index in [0.29, 0.717) is 13.0 Å². The van der Waals surface area contributed by atoms with Crippen LogP contribution in [0.4, 0.5) is 4.39 Å². The van der Waals surface area contributed by atoms with Crippen LogP contribution in [0.2, 0.25) is 5.02 Å². The molecule has 104 valence electrons. The number of likely N-dealkylation sites (tertiary alicyclic amines) is 1. The third kappa shape index (κ3) is 2.90. The summed E-state index contributed by atoms with van der Waals surface area (Å²) in [5, 5.41) is 0.0671. The van der Waals surface area contributed by atoms with E-state index in [4.69, 9.17) is 17.3 Å². The van der Waals surface area contributed by atoms with Gasteiger partial charge in [0.05, 0.1) is 11.1 Å². The summed E-state index contributed by atoms with van der Waals surface area (Å²) in [6, 6.07) is 4.19. The number of likely N-dealkylation sites (N-methyl/N-ethyl adjacent to an activating group) is 1. The van der Waals surface area contributed by atoms with Crippen LogP contribution >= 0.6 is 11.6 Å². The zero-order chi connectivity index (χ0) is 14.0. The summed E-state index contributed by atoms with van der Waals surface area (Å²) in [7, 11) is 0. The quantitative estimate of drug-likeness (QED) is 0.908. The number of nitrogens with two attached hydrogens (primary N) is 1. The fourth-order valence-electron chi connectivity index (χ4n) is 2.67. The van der Waals surface area contributed by atoms with Gasteiger partial charge in [0.2, 0.25) is 5.91 Å². The molecule has 3 nitrogen and oxygen atoms in total. The Labute approximate surface area is 117 Å². The SMILES string of the molecule is CCN1C(=O)CCCC(N)C1c1ccc(F)c(Cl)c1. The van der Waals surface area contributed by atoms with Crippen molar-refractivity contribution in [3.8, 4) is 0 Å². The van der Waals surface area contributed by atoms with Crippen molar-refractivity contribution < 1.29 is 9.18 Å². The van der Waals surface area contributed by atoms with Gasteiger partial charge in [-0.15, -0.1) is 0 Å². The topological polar surface area (TPSA) is 46.3 Å². The molecule has 1 saturated heterocycles. The lowest BCUT2D eigenvalue weighted by molar-refractivity contribution is -0.133. The van der Waals surface area contributed by atoms with E-state index in [2.05, 4.69) is 0 Å².